The number of amides is 1. The number of nitrogens with zero attached hydrogens (tertiary/aromatic N) is 1. The first kappa shape index (κ1) is 13.8. The third-order valence-electron chi connectivity index (χ3n) is 2.93. The van der Waals surface area contributed by atoms with E-state index in [0.29, 0.717) is 23.5 Å². The van der Waals surface area contributed by atoms with Crippen molar-refractivity contribution in [1.29, 1.82) is 0 Å². The van der Waals surface area contributed by atoms with Crippen molar-refractivity contribution in [2.24, 2.45) is 0 Å². The summed E-state index contributed by atoms with van der Waals surface area (Å²) in [6, 6.07) is 0.451. The topological polar surface area (TPSA) is 40.5 Å². The van der Waals surface area contributed by atoms with Crippen LogP contribution in [0.3, 0.4) is 0 Å². The highest BCUT2D eigenvalue weighted by Gasteiger charge is 2.28. The van der Waals surface area contributed by atoms with Crippen LogP contribution in [0.15, 0.2) is 0 Å². The molecule has 0 aliphatic heterocycles. The molecule has 1 rings (SSSR count). The van der Waals surface area contributed by atoms with Gasteiger partial charge in [-0.05, 0) is 30.9 Å². The van der Waals surface area contributed by atoms with E-state index in [1.165, 1.54) is 6.42 Å². The molecule has 1 aliphatic carbocycles. The maximum atomic E-state index is 12.0. The molecule has 0 spiro atoms. The molecule has 1 saturated carbocycles. The maximum absolute atomic E-state index is 12.0. The molecule has 0 bridgehead atoms. The summed E-state index contributed by atoms with van der Waals surface area (Å²) in [7, 11) is 0. The Labute approximate surface area is 103 Å². The van der Waals surface area contributed by atoms with E-state index in [0.717, 1.165) is 19.4 Å². The van der Waals surface area contributed by atoms with Gasteiger partial charge in [0.25, 0.3) is 0 Å². The van der Waals surface area contributed by atoms with E-state index in [9.17, 15) is 4.79 Å². The molecule has 1 aliphatic rings. The van der Waals surface area contributed by atoms with Crippen molar-refractivity contribution in [2.75, 3.05) is 18.9 Å². The molecular formula is C12H23NO2S. The highest BCUT2D eigenvalue weighted by Crippen LogP contribution is 2.25. The lowest BCUT2D eigenvalue weighted by Crippen LogP contribution is -2.45. The Morgan fingerprint density at radius 2 is 2.19 bits per heavy atom. The lowest BCUT2D eigenvalue weighted by atomic mass is 9.91. The zero-order valence-electron chi connectivity index (χ0n) is 10.3. The summed E-state index contributed by atoms with van der Waals surface area (Å²) >= 11 is 1.70. The summed E-state index contributed by atoms with van der Waals surface area (Å²) in [5, 5.41) is 9.35. The molecule has 0 aromatic rings. The van der Waals surface area contributed by atoms with Crippen LogP contribution in [0.2, 0.25) is 0 Å². The molecular weight excluding hydrogens is 222 g/mol. The average Bonchev–Trinajstić information content (AvgIpc) is 2.17. The summed E-state index contributed by atoms with van der Waals surface area (Å²) in [4.78, 5) is 14.0. The number of carbonyl (C=O) groups excluding carboxylic acids is 1. The Bertz CT molecular complexity index is 217. The number of hydrogen-bond donors (Lipinski definition) is 1. The van der Waals surface area contributed by atoms with Gasteiger partial charge in [-0.3, -0.25) is 4.79 Å². The summed E-state index contributed by atoms with van der Waals surface area (Å²) < 4.78 is 0. The lowest BCUT2D eigenvalue weighted by molar-refractivity contribution is -0.132. The second-order valence-electron chi connectivity index (χ2n) is 4.61. The average molecular weight is 245 g/mol. The van der Waals surface area contributed by atoms with Crippen LogP contribution < -0.4 is 0 Å². The molecule has 1 N–H and O–H groups in total. The fraction of sp³-hybridized carbons (Fsp3) is 0.917. The smallest absolute Gasteiger partial charge is 0.232 e. The summed E-state index contributed by atoms with van der Waals surface area (Å²) in [5.74, 6) is 0.830. The minimum atomic E-state index is 0.174. The first-order valence-corrected chi connectivity index (χ1v) is 7.22. The van der Waals surface area contributed by atoms with E-state index < -0.39 is 0 Å². The highest BCUT2D eigenvalue weighted by atomic mass is 32.2. The van der Waals surface area contributed by atoms with Gasteiger partial charge in [-0.15, -0.1) is 11.8 Å². The van der Waals surface area contributed by atoms with Crippen molar-refractivity contribution in [3.05, 3.63) is 0 Å². The Morgan fingerprint density at radius 1 is 1.50 bits per heavy atom. The lowest BCUT2D eigenvalue weighted by Gasteiger charge is -2.37. The monoisotopic (exact) mass is 245 g/mol. The van der Waals surface area contributed by atoms with Gasteiger partial charge in [0.2, 0.25) is 5.91 Å². The minimum absolute atomic E-state index is 0.174. The first-order chi connectivity index (χ1) is 7.65. The molecule has 3 nitrogen and oxygen atoms in total. The number of carbonyl (C=O) groups is 1. The minimum Gasteiger partial charge on any atom is -0.396 e. The van der Waals surface area contributed by atoms with E-state index >= 15 is 0 Å². The largest absolute Gasteiger partial charge is 0.396 e. The molecule has 16 heavy (non-hydrogen) atoms. The molecule has 1 fully saturated rings. The second-order valence-corrected chi connectivity index (χ2v) is 6.17. The number of thioether (sulfide) groups is 1. The van der Waals surface area contributed by atoms with E-state index in [2.05, 4.69) is 13.8 Å². The van der Waals surface area contributed by atoms with Crippen molar-refractivity contribution in [1.82, 2.24) is 4.90 Å². The van der Waals surface area contributed by atoms with Crippen molar-refractivity contribution in [2.45, 2.75) is 50.8 Å². The molecule has 0 aromatic heterocycles. The van der Waals surface area contributed by atoms with Crippen LogP contribution >= 0.6 is 11.8 Å². The summed E-state index contributed by atoms with van der Waals surface area (Å²) in [6.07, 6.45) is 4.23. The quantitative estimate of drug-likeness (QED) is 0.744. The molecule has 0 unspecified atom stereocenters. The van der Waals surface area contributed by atoms with Crippen molar-refractivity contribution in [3.63, 3.8) is 0 Å². The van der Waals surface area contributed by atoms with Gasteiger partial charge in [-0.2, -0.15) is 0 Å². The molecule has 4 heteroatoms. The van der Waals surface area contributed by atoms with Crippen LogP contribution in [0.4, 0.5) is 0 Å². The van der Waals surface area contributed by atoms with Crippen molar-refractivity contribution in [3.8, 4) is 0 Å². The number of aliphatic hydroxyl groups excluding tert-OH is 1. The van der Waals surface area contributed by atoms with Crippen LogP contribution in [0.25, 0.3) is 0 Å². The van der Waals surface area contributed by atoms with Crippen LogP contribution in [-0.4, -0.2) is 46.1 Å². The second kappa shape index (κ2) is 7.17. The third-order valence-corrected chi connectivity index (χ3v) is 4.01. The Morgan fingerprint density at radius 3 is 2.62 bits per heavy atom. The van der Waals surface area contributed by atoms with Crippen molar-refractivity contribution >= 4 is 17.7 Å². The van der Waals surface area contributed by atoms with Gasteiger partial charge in [0.05, 0.1) is 5.75 Å². The highest BCUT2D eigenvalue weighted by molar-refractivity contribution is 8.00. The third kappa shape index (κ3) is 4.34. The zero-order chi connectivity index (χ0) is 12.0. The first-order valence-electron chi connectivity index (χ1n) is 6.17. The predicted molar refractivity (Wildman–Crippen MR) is 68.6 cm³/mol. The Balaban J connectivity index is 2.37. The van der Waals surface area contributed by atoms with Crippen LogP contribution in [0.5, 0.6) is 0 Å². The normalized spacial score (nSPS) is 16.2. The van der Waals surface area contributed by atoms with E-state index in [1.807, 2.05) is 4.90 Å². The van der Waals surface area contributed by atoms with Crippen molar-refractivity contribution < 1.29 is 9.90 Å². The maximum Gasteiger partial charge on any atom is 0.232 e. The predicted octanol–water partition coefficient (Wildman–Crippen LogP) is 1.89. The van der Waals surface area contributed by atoms with Gasteiger partial charge in [0.1, 0.15) is 0 Å². The molecule has 0 heterocycles. The molecule has 94 valence electrons. The molecule has 0 aromatic carbocycles. The van der Waals surface area contributed by atoms with Crippen LogP contribution in [0.1, 0.15) is 39.5 Å². The molecule has 0 saturated heterocycles. The molecule has 1 amide bonds. The van der Waals surface area contributed by atoms with E-state index in [1.54, 1.807) is 11.8 Å². The van der Waals surface area contributed by atoms with Gasteiger partial charge in [-0.1, -0.05) is 13.8 Å². The molecule has 0 atom stereocenters. The summed E-state index contributed by atoms with van der Waals surface area (Å²) in [6.45, 7) is 5.12. The van der Waals surface area contributed by atoms with Crippen LogP contribution in [0, 0.1) is 0 Å². The van der Waals surface area contributed by atoms with Gasteiger partial charge >= 0.3 is 0 Å². The Kier molecular flexibility index (Phi) is 6.21. The number of rotatable bonds is 7. The summed E-state index contributed by atoms with van der Waals surface area (Å²) in [5.41, 5.74) is 0. The van der Waals surface area contributed by atoms with Gasteiger partial charge < -0.3 is 10.0 Å². The fourth-order valence-electron chi connectivity index (χ4n) is 1.77. The van der Waals surface area contributed by atoms with Crippen LogP contribution in [-0.2, 0) is 4.79 Å². The Hall–Kier alpha value is -0.220. The SMILES string of the molecule is CC(C)SCC(=O)N(CCCO)C1CCC1. The molecule has 0 radical (unpaired) electrons. The number of hydrogen-bond acceptors (Lipinski definition) is 3. The standard InChI is InChI=1S/C12H23NO2S/c1-10(2)16-9-12(15)13(7-4-8-14)11-5-3-6-11/h10-11,14H,3-9H2,1-2H3. The van der Waals surface area contributed by atoms with E-state index in [-0.39, 0.29) is 12.5 Å². The van der Waals surface area contributed by atoms with E-state index in [4.69, 9.17) is 5.11 Å². The van der Waals surface area contributed by atoms with Gasteiger partial charge in [0.15, 0.2) is 0 Å². The zero-order valence-corrected chi connectivity index (χ0v) is 11.1. The van der Waals surface area contributed by atoms with Gasteiger partial charge in [-0.25, -0.2) is 0 Å². The fourth-order valence-corrected chi connectivity index (χ4v) is 2.41. The number of aliphatic hydroxyl groups is 1. The van der Waals surface area contributed by atoms with Gasteiger partial charge in [0, 0.05) is 19.2 Å².